The number of rotatable bonds is 4. The van der Waals surface area contributed by atoms with Crippen molar-refractivity contribution >= 4 is 22.6 Å². The Morgan fingerprint density at radius 2 is 2.00 bits per heavy atom. The van der Waals surface area contributed by atoms with Gasteiger partial charge < -0.3 is 5.32 Å². The van der Waals surface area contributed by atoms with E-state index in [1.165, 1.54) is 15.6 Å². The molecule has 1 saturated heterocycles. The Hall–Kier alpha value is -0.130. The molecule has 1 aromatic rings. The minimum Gasteiger partial charge on any atom is -0.311 e. The van der Waals surface area contributed by atoms with E-state index in [-0.39, 0.29) is 0 Å². The van der Waals surface area contributed by atoms with Crippen LogP contribution in [0.1, 0.15) is 32.8 Å². The van der Waals surface area contributed by atoms with Gasteiger partial charge in [-0.05, 0) is 59.5 Å². The molecule has 2 unspecified atom stereocenters. The third-order valence-corrected chi connectivity index (χ3v) is 4.49. The number of hydrogen-bond acceptors (Lipinski definition) is 2. The third kappa shape index (κ3) is 4.72. The molecule has 2 atom stereocenters. The predicted molar refractivity (Wildman–Crippen MR) is 90.3 cm³/mol. The van der Waals surface area contributed by atoms with Crippen LogP contribution in [0.4, 0.5) is 0 Å². The molecule has 0 radical (unpaired) electrons. The monoisotopic (exact) mass is 372 g/mol. The predicted octanol–water partition coefficient (Wildman–Crippen LogP) is 3.50. The highest BCUT2D eigenvalue weighted by Gasteiger charge is 2.26. The second kappa shape index (κ2) is 7.04. The fraction of sp³-hybridized carbons (Fsp3) is 0.625. The molecule has 0 aliphatic carbocycles. The standard InChI is InChI=1S/C16H25IN2/c1-12(2)8-16-9-18-13(3)10-19(16)11-14-4-6-15(17)7-5-14/h4-7,12-13,16,18H,8-11H2,1-3H3. The smallest absolute Gasteiger partial charge is 0.0237 e. The van der Waals surface area contributed by atoms with Crippen molar-refractivity contribution in [2.24, 2.45) is 5.92 Å². The van der Waals surface area contributed by atoms with Gasteiger partial charge in [0, 0.05) is 35.3 Å². The van der Waals surface area contributed by atoms with Crippen LogP contribution in [-0.2, 0) is 6.54 Å². The Balaban J connectivity index is 2.02. The maximum Gasteiger partial charge on any atom is 0.0237 e. The minimum atomic E-state index is 0.604. The van der Waals surface area contributed by atoms with Gasteiger partial charge in [-0.1, -0.05) is 26.0 Å². The summed E-state index contributed by atoms with van der Waals surface area (Å²) in [6, 6.07) is 10.2. The van der Waals surface area contributed by atoms with Gasteiger partial charge in [-0.3, -0.25) is 4.90 Å². The molecule has 1 aliphatic heterocycles. The molecule has 3 heteroatoms. The van der Waals surface area contributed by atoms with E-state index < -0.39 is 0 Å². The second-order valence-corrected chi connectivity index (χ2v) is 7.39. The fourth-order valence-electron chi connectivity index (χ4n) is 2.83. The summed E-state index contributed by atoms with van der Waals surface area (Å²) in [4.78, 5) is 2.66. The first-order valence-electron chi connectivity index (χ1n) is 7.26. The topological polar surface area (TPSA) is 15.3 Å². The van der Waals surface area contributed by atoms with Crippen molar-refractivity contribution in [3.8, 4) is 0 Å². The number of benzene rings is 1. The molecule has 0 amide bonds. The lowest BCUT2D eigenvalue weighted by atomic mass is 9.98. The summed E-state index contributed by atoms with van der Waals surface area (Å²) >= 11 is 2.37. The van der Waals surface area contributed by atoms with Crippen molar-refractivity contribution < 1.29 is 0 Å². The summed E-state index contributed by atoms with van der Waals surface area (Å²) in [6.07, 6.45) is 1.28. The minimum absolute atomic E-state index is 0.604. The van der Waals surface area contributed by atoms with Crippen LogP contribution in [0.2, 0.25) is 0 Å². The van der Waals surface area contributed by atoms with E-state index in [0.717, 1.165) is 25.6 Å². The van der Waals surface area contributed by atoms with Crippen molar-refractivity contribution in [2.75, 3.05) is 13.1 Å². The highest BCUT2D eigenvalue weighted by atomic mass is 127. The zero-order valence-corrected chi connectivity index (χ0v) is 14.4. The van der Waals surface area contributed by atoms with Crippen molar-refractivity contribution in [1.29, 1.82) is 0 Å². The molecule has 1 fully saturated rings. The SMILES string of the molecule is CC(C)CC1CNC(C)CN1Cc1ccc(I)cc1. The van der Waals surface area contributed by atoms with E-state index >= 15 is 0 Å². The highest BCUT2D eigenvalue weighted by Crippen LogP contribution is 2.18. The molecule has 0 aromatic heterocycles. The molecule has 2 nitrogen and oxygen atoms in total. The zero-order chi connectivity index (χ0) is 13.8. The summed E-state index contributed by atoms with van der Waals surface area (Å²) in [6.45, 7) is 10.3. The Morgan fingerprint density at radius 1 is 1.32 bits per heavy atom. The summed E-state index contributed by atoms with van der Waals surface area (Å²) in [5, 5.41) is 3.62. The highest BCUT2D eigenvalue weighted by molar-refractivity contribution is 14.1. The Kier molecular flexibility index (Phi) is 5.66. The maximum atomic E-state index is 3.62. The van der Waals surface area contributed by atoms with E-state index in [1.807, 2.05) is 0 Å². The van der Waals surface area contributed by atoms with Gasteiger partial charge in [0.1, 0.15) is 0 Å². The van der Waals surface area contributed by atoms with Crippen LogP contribution in [0.25, 0.3) is 0 Å². The van der Waals surface area contributed by atoms with E-state index in [9.17, 15) is 0 Å². The number of nitrogens with one attached hydrogen (secondary N) is 1. The quantitative estimate of drug-likeness (QED) is 0.814. The van der Waals surface area contributed by atoms with Crippen LogP contribution in [0.5, 0.6) is 0 Å². The summed E-state index contributed by atoms with van der Waals surface area (Å²) in [5.41, 5.74) is 1.43. The molecule has 19 heavy (non-hydrogen) atoms. The summed E-state index contributed by atoms with van der Waals surface area (Å²) in [7, 11) is 0. The average molecular weight is 372 g/mol. The molecule has 2 rings (SSSR count). The number of nitrogens with zero attached hydrogens (tertiary/aromatic N) is 1. The van der Waals surface area contributed by atoms with Crippen molar-refractivity contribution in [3.63, 3.8) is 0 Å². The molecule has 1 N–H and O–H groups in total. The summed E-state index contributed by atoms with van der Waals surface area (Å²) < 4.78 is 1.31. The van der Waals surface area contributed by atoms with Gasteiger partial charge in [-0.15, -0.1) is 0 Å². The third-order valence-electron chi connectivity index (χ3n) is 3.77. The van der Waals surface area contributed by atoms with Crippen LogP contribution in [0, 0.1) is 9.49 Å². The van der Waals surface area contributed by atoms with E-state index in [0.29, 0.717) is 12.1 Å². The number of hydrogen-bond donors (Lipinski definition) is 1. The second-order valence-electron chi connectivity index (χ2n) is 6.15. The van der Waals surface area contributed by atoms with Crippen LogP contribution in [-0.4, -0.2) is 30.1 Å². The molecular weight excluding hydrogens is 347 g/mol. The van der Waals surface area contributed by atoms with Gasteiger partial charge >= 0.3 is 0 Å². The number of halogens is 1. The first-order chi connectivity index (χ1) is 9.04. The Morgan fingerprint density at radius 3 is 2.63 bits per heavy atom. The lowest BCUT2D eigenvalue weighted by Crippen LogP contribution is -2.55. The van der Waals surface area contributed by atoms with Gasteiger partial charge in [-0.25, -0.2) is 0 Å². The Labute approximate surface area is 131 Å². The van der Waals surface area contributed by atoms with Gasteiger partial charge in [0.2, 0.25) is 0 Å². The van der Waals surface area contributed by atoms with Crippen molar-refractivity contribution in [1.82, 2.24) is 10.2 Å². The van der Waals surface area contributed by atoms with Gasteiger partial charge in [-0.2, -0.15) is 0 Å². The molecule has 0 saturated carbocycles. The maximum absolute atomic E-state index is 3.62. The molecule has 1 aromatic carbocycles. The average Bonchev–Trinajstić information content (AvgIpc) is 2.35. The van der Waals surface area contributed by atoms with Crippen LogP contribution < -0.4 is 5.32 Å². The molecule has 1 aliphatic rings. The van der Waals surface area contributed by atoms with Gasteiger partial charge in [0.15, 0.2) is 0 Å². The van der Waals surface area contributed by atoms with E-state index in [1.54, 1.807) is 0 Å². The van der Waals surface area contributed by atoms with Gasteiger partial charge in [0.05, 0.1) is 0 Å². The van der Waals surface area contributed by atoms with Gasteiger partial charge in [0.25, 0.3) is 0 Å². The molecule has 106 valence electrons. The lowest BCUT2D eigenvalue weighted by Gasteiger charge is -2.40. The first kappa shape index (κ1) is 15.3. The van der Waals surface area contributed by atoms with Crippen molar-refractivity contribution in [3.05, 3.63) is 33.4 Å². The van der Waals surface area contributed by atoms with Crippen molar-refractivity contribution in [2.45, 2.75) is 45.8 Å². The first-order valence-corrected chi connectivity index (χ1v) is 8.34. The molecule has 0 spiro atoms. The normalized spacial score (nSPS) is 24.9. The zero-order valence-electron chi connectivity index (χ0n) is 12.2. The molecule has 1 heterocycles. The number of piperazine rings is 1. The van der Waals surface area contributed by atoms with E-state index in [4.69, 9.17) is 0 Å². The lowest BCUT2D eigenvalue weighted by molar-refractivity contribution is 0.111. The largest absolute Gasteiger partial charge is 0.311 e. The Bertz CT molecular complexity index is 388. The summed E-state index contributed by atoms with van der Waals surface area (Å²) in [5.74, 6) is 0.763. The van der Waals surface area contributed by atoms with Crippen LogP contribution >= 0.6 is 22.6 Å². The molecular formula is C16H25IN2. The van der Waals surface area contributed by atoms with E-state index in [2.05, 4.69) is 77.8 Å². The fourth-order valence-corrected chi connectivity index (χ4v) is 3.19. The van der Waals surface area contributed by atoms with Crippen LogP contribution in [0.15, 0.2) is 24.3 Å². The van der Waals surface area contributed by atoms with Crippen LogP contribution in [0.3, 0.4) is 0 Å². The molecule has 0 bridgehead atoms.